The summed E-state index contributed by atoms with van der Waals surface area (Å²) >= 11 is 2.91. The number of furan rings is 1. The maximum Gasteiger partial charge on any atom is 0.338 e. The number of carbonyl (C=O) groups excluding carboxylic acids is 1. The van der Waals surface area contributed by atoms with E-state index >= 15 is 0 Å². The van der Waals surface area contributed by atoms with Gasteiger partial charge in [0.15, 0.2) is 4.80 Å². The van der Waals surface area contributed by atoms with E-state index in [1.54, 1.807) is 54.6 Å². The number of fused-ring (bicyclic) bond motifs is 1. The van der Waals surface area contributed by atoms with Crippen molar-refractivity contribution in [1.82, 2.24) is 4.57 Å². The first-order valence-electron chi connectivity index (χ1n) is 9.40. The number of aromatic nitrogens is 1. The van der Waals surface area contributed by atoms with Crippen molar-refractivity contribution in [3.8, 4) is 0 Å². The Balaban J connectivity index is 1.95. The first kappa shape index (κ1) is 20.4. The van der Waals surface area contributed by atoms with Crippen molar-refractivity contribution in [3.63, 3.8) is 0 Å². The first-order valence-corrected chi connectivity index (χ1v) is 11.4. The smallest absolute Gasteiger partial charge is 0.338 e. The highest BCUT2D eigenvalue weighted by Crippen LogP contribution is 2.31. The van der Waals surface area contributed by atoms with Crippen molar-refractivity contribution < 1.29 is 13.9 Å². The molecule has 1 aromatic carbocycles. The summed E-state index contributed by atoms with van der Waals surface area (Å²) in [5.74, 6) is 0.125. The summed E-state index contributed by atoms with van der Waals surface area (Å²) in [6.45, 7) is 3.78. The van der Waals surface area contributed by atoms with Crippen LogP contribution in [-0.4, -0.2) is 23.4 Å². The Morgan fingerprint density at radius 3 is 2.73 bits per heavy atom. The van der Waals surface area contributed by atoms with Gasteiger partial charge in [-0.25, -0.2) is 9.79 Å². The third kappa shape index (κ3) is 3.68. The van der Waals surface area contributed by atoms with Gasteiger partial charge in [0.1, 0.15) is 5.76 Å². The molecule has 30 heavy (non-hydrogen) atoms. The van der Waals surface area contributed by atoms with Crippen molar-refractivity contribution in [3.05, 3.63) is 84.9 Å². The van der Waals surface area contributed by atoms with Crippen LogP contribution in [-0.2, 0) is 9.53 Å². The van der Waals surface area contributed by atoms with Crippen LogP contribution in [0, 0.1) is 0 Å². The summed E-state index contributed by atoms with van der Waals surface area (Å²) in [5.41, 5.74) is 1.54. The molecular formula is C22H20N2O4S2. The highest BCUT2D eigenvalue weighted by molar-refractivity contribution is 7.98. The zero-order valence-corrected chi connectivity index (χ0v) is 18.4. The van der Waals surface area contributed by atoms with E-state index in [0.29, 0.717) is 26.4 Å². The molecule has 0 bridgehead atoms. The molecular weight excluding hydrogens is 420 g/mol. The summed E-state index contributed by atoms with van der Waals surface area (Å²) in [7, 11) is 0. The normalized spacial score (nSPS) is 16.4. The molecule has 1 atom stereocenters. The Morgan fingerprint density at radius 1 is 1.33 bits per heavy atom. The van der Waals surface area contributed by atoms with E-state index < -0.39 is 12.0 Å². The van der Waals surface area contributed by atoms with Gasteiger partial charge in [-0.05, 0) is 49.9 Å². The maximum absolute atomic E-state index is 13.3. The molecule has 4 rings (SSSR count). The highest BCUT2D eigenvalue weighted by Gasteiger charge is 2.33. The van der Waals surface area contributed by atoms with E-state index in [1.165, 1.54) is 11.3 Å². The van der Waals surface area contributed by atoms with Crippen LogP contribution in [0.2, 0.25) is 0 Å². The number of hydrogen-bond donors (Lipinski definition) is 0. The van der Waals surface area contributed by atoms with Gasteiger partial charge in [0.05, 0.1) is 34.7 Å². The summed E-state index contributed by atoms with van der Waals surface area (Å²) in [6, 6.07) is 10.8. The minimum Gasteiger partial charge on any atom is -0.465 e. The van der Waals surface area contributed by atoms with Gasteiger partial charge in [-0.3, -0.25) is 9.36 Å². The average Bonchev–Trinajstić information content (AvgIpc) is 3.36. The molecule has 0 aliphatic carbocycles. The second-order valence-electron chi connectivity index (χ2n) is 6.59. The van der Waals surface area contributed by atoms with Gasteiger partial charge in [0, 0.05) is 11.0 Å². The van der Waals surface area contributed by atoms with Gasteiger partial charge in [0.25, 0.3) is 5.56 Å². The molecule has 0 spiro atoms. The van der Waals surface area contributed by atoms with Gasteiger partial charge in [-0.2, -0.15) is 0 Å². The van der Waals surface area contributed by atoms with Crippen molar-refractivity contribution in [2.24, 2.45) is 4.99 Å². The Bertz CT molecular complexity index is 1280. The Hall–Kier alpha value is -2.84. The lowest BCUT2D eigenvalue weighted by Crippen LogP contribution is -2.39. The third-order valence-corrected chi connectivity index (χ3v) is 6.49. The van der Waals surface area contributed by atoms with Crippen molar-refractivity contribution >= 4 is 35.1 Å². The predicted molar refractivity (Wildman–Crippen MR) is 117 cm³/mol. The van der Waals surface area contributed by atoms with Crippen LogP contribution in [0.5, 0.6) is 0 Å². The molecule has 8 heteroatoms. The lowest BCUT2D eigenvalue weighted by Gasteiger charge is -2.24. The molecule has 1 aliphatic heterocycles. The second kappa shape index (κ2) is 8.49. The summed E-state index contributed by atoms with van der Waals surface area (Å²) < 4.78 is 12.7. The van der Waals surface area contributed by atoms with E-state index in [2.05, 4.69) is 4.99 Å². The van der Waals surface area contributed by atoms with Gasteiger partial charge in [-0.15, -0.1) is 11.8 Å². The molecule has 0 amide bonds. The number of rotatable bonds is 5. The molecule has 1 unspecified atom stereocenters. The number of esters is 1. The van der Waals surface area contributed by atoms with E-state index in [4.69, 9.17) is 9.15 Å². The lowest BCUT2D eigenvalue weighted by atomic mass is 9.96. The minimum atomic E-state index is -0.602. The van der Waals surface area contributed by atoms with Gasteiger partial charge < -0.3 is 9.15 Å². The number of ether oxygens (including phenoxy) is 1. The molecule has 0 saturated heterocycles. The van der Waals surface area contributed by atoms with E-state index in [-0.39, 0.29) is 12.2 Å². The molecule has 1 aliphatic rings. The SMILES string of the molecule is CCOC(=O)C1=C(C)N=c2s/c(=C\c3ccco3)c(=O)n2C1c1ccc(SC)cc1. The van der Waals surface area contributed by atoms with Gasteiger partial charge in [0.2, 0.25) is 0 Å². The van der Waals surface area contributed by atoms with Crippen LogP contribution < -0.4 is 14.9 Å². The molecule has 0 radical (unpaired) electrons. The molecule has 6 nitrogen and oxygen atoms in total. The van der Waals surface area contributed by atoms with E-state index in [0.717, 1.165) is 10.5 Å². The third-order valence-electron chi connectivity index (χ3n) is 4.77. The van der Waals surface area contributed by atoms with Crippen molar-refractivity contribution in [1.29, 1.82) is 0 Å². The molecule has 0 fully saturated rings. The highest BCUT2D eigenvalue weighted by atomic mass is 32.2. The zero-order chi connectivity index (χ0) is 21.3. The number of thioether (sulfide) groups is 1. The molecule has 0 N–H and O–H groups in total. The standard InChI is InChI=1S/C22H20N2O4S2/c1-4-27-21(26)18-13(2)23-22-24(19(18)14-7-9-16(29-3)10-8-14)20(25)17(30-22)12-15-6-5-11-28-15/h5-12,19H,4H2,1-3H3/b17-12-. The number of allylic oxidation sites excluding steroid dienone is 1. The van der Waals surface area contributed by atoms with Crippen LogP contribution in [0.25, 0.3) is 6.08 Å². The lowest BCUT2D eigenvalue weighted by molar-refractivity contribution is -0.139. The molecule has 3 heterocycles. The fourth-order valence-electron chi connectivity index (χ4n) is 3.40. The van der Waals surface area contributed by atoms with Gasteiger partial charge in [-0.1, -0.05) is 23.5 Å². The van der Waals surface area contributed by atoms with Gasteiger partial charge >= 0.3 is 5.97 Å². The van der Waals surface area contributed by atoms with Crippen LogP contribution in [0.4, 0.5) is 0 Å². The molecule has 2 aromatic heterocycles. The zero-order valence-electron chi connectivity index (χ0n) is 16.7. The van der Waals surface area contributed by atoms with E-state index in [9.17, 15) is 9.59 Å². The topological polar surface area (TPSA) is 73.8 Å². The second-order valence-corrected chi connectivity index (χ2v) is 8.48. The number of nitrogens with zero attached hydrogens (tertiary/aromatic N) is 2. The van der Waals surface area contributed by atoms with Crippen LogP contribution in [0.15, 0.2) is 73.0 Å². The first-order chi connectivity index (χ1) is 14.5. The number of thiazole rings is 1. The Kier molecular flexibility index (Phi) is 5.78. The largest absolute Gasteiger partial charge is 0.465 e. The van der Waals surface area contributed by atoms with Crippen LogP contribution in [0.1, 0.15) is 31.2 Å². The van der Waals surface area contributed by atoms with Crippen LogP contribution in [0.3, 0.4) is 0 Å². The Labute approximate surface area is 181 Å². The monoisotopic (exact) mass is 440 g/mol. The summed E-state index contributed by atoms with van der Waals surface area (Å²) in [5, 5.41) is 0. The summed E-state index contributed by atoms with van der Waals surface area (Å²) in [4.78, 5) is 32.4. The molecule has 0 saturated carbocycles. The molecule has 3 aromatic rings. The summed E-state index contributed by atoms with van der Waals surface area (Å²) in [6.07, 6.45) is 5.25. The fourth-order valence-corrected chi connectivity index (χ4v) is 4.83. The average molecular weight is 441 g/mol. The Morgan fingerprint density at radius 2 is 2.10 bits per heavy atom. The fraction of sp³-hybridized carbons (Fsp3) is 0.227. The van der Waals surface area contributed by atoms with Crippen molar-refractivity contribution in [2.75, 3.05) is 12.9 Å². The van der Waals surface area contributed by atoms with Crippen LogP contribution >= 0.6 is 23.1 Å². The number of hydrogen-bond acceptors (Lipinski definition) is 7. The predicted octanol–water partition coefficient (Wildman–Crippen LogP) is 3.11. The number of carbonyl (C=O) groups is 1. The van der Waals surface area contributed by atoms with Crippen molar-refractivity contribution in [2.45, 2.75) is 24.8 Å². The van der Waals surface area contributed by atoms with E-state index in [1.807, 2.05) is 30.5 Å². The maximum atomic E-state index is 13.3. The number of benzene rings is 1. The molecule has 154 valence electrons. The quantitative estimate of drug-likeness (QED) is 0.450. The minimum absolute atomic E-state index is 0.219.